The van der Waals surface area contributed by atoms with Crippen LogP contribution < -0.4 is 5.32 Å². The molecule has 35 heavy (non-hydrogen) atoms. The van der Waals surface area contributed by atoms with Crippen LogP contribution in [-0.4, -0.2) is 65.7 Å². The van der Waals surface area contributed by atoms with Crippen LogP contribution in [0.15, 0.2) is 0 Å². The van der Waals surface area contributed by atoms with Crippen LogP contribution in [-0.2, 0) is 14.4 Å². The van der Waals surface area contributed by atoms with E-state index in [1.54, 1.807) is 0 Å². The molecule has 5 rings (SSSR count). The Morgan fingerprint density at radius 3 is 2.03 bits per heavy atom. The van der Waals surface area contributed by atoms with Gasteiger partial charge in [0.2, 0.25) is 23.6 Å². The van der Waals surface area contributed by atoms with E-state index in [4.69, 9.17) is 0 Å². The number of nitrogens with one attached hydrogen (secondary N) is 1. The monoisotopic (exact) mass is 493 g/mol. The second kappa shape index (κ2) is 9.62. The van der Waals surface area contributed by atoms with E-state index in [0.717, 1.165) is 64.2 Å². The minimum Gasteiger partial charge on any atom is -0.353 e. The van der Waals surface area contributed by atoms with Crippen molar-refractivity contribution in [1.82, 2.24) is 15.1 Å². The van der Waals surface area contributed by atoms with Crippen LogP contribution in [0.25, 0.3) is 0 Å². The van der Waals surface area contributed by atoms with Crippen molar-refractivity contribution >= 4 is 17.7 Å². The van der Waals surface area contributed by atoms with Gasteiger partial charge in [0.15, 0.2) is 0 Å². The average molecular weight is 494 g/mol. The first-order valence-electron chi connectivity index (χ1n) is 13.9. The Bertz CT molecular complexity index is 822. The molecule has 0 aromatic heterocycles. The van der Waals surface area contributed by atoms with Gasteiger partial charge < -0.3 is 15.1 Å². The maximum atomic E-state index is 13.2. The first kappa shape index (κ1) is 24.9. The van der Waals surface area contributed by atoms with Gasteiger partial charge in [-0.3, -0.25) is 14.4 Å². The number of hydrogen-bond acceptors (Lipinski definition) is 3. The third-order valence-electron chi connectivity index (χ3n) is 9.70. The van der Waals surface area contributed by atoms with Gasteiger partial charge in [0.05, 0.1) is 0 Å². The van der Waals surface area contributed by atoms with Crippen LogP contribution in [0.4, 0.5) is 8.78 Å². The standard InChI is InChI=1S/C27H41F2N3O3/c1-26(9-10-26)25(35)32-13-11-31(12-14-32)24(34)19-7-5-18(6-8-19)20-3-2-4-22(15-20)30-23(33)21-16-27(28,29)17-21/h18-22H,2-17H2,1H3,(H,30,33). The second-order valence-corrected chi connectivity index (χ2v) is 12.4. The first-order chi connectivity index (χ1) is 16.6. The van der Waals surface area contributed by atoms with Gasteiger partial charge in [0.1, 0.15) is 0 Å². The van der Waals surface area contributed by atoms with Crippen LogP contribution in [0, 0.1) is 29.1 Å². The molecule has 196 valence electrons. The van der Waals surface area contributed by atoms with Crippen molar-refractivity contribution in [2.75, 3.05) is 26.2 Å². The van der Waals surface area contributed by atoms with Gasteiger partial charge in [0, 0.05) is 62.3 Å². The molecule has 1 N–H and O–H groups in total. The molecule has 0 radical (unpaired) electrons. The molecule has 1 saturated heterocycles. The van der Waals surface area contributed by atoms with Gasteiger partial charge in [-0.1, -0.05) is 19.8 Å². The number of rotatable bonds is 5. The van der Waals surface area contributed by atoms with Crippen molar-refractivity contribution in [2.24, 2.45) is 29.1 Å². The molecule has 5 fully saturated rings. The summed E-state index contributed by atoms with van der Waals surface area (Å²) in [6.07, 6.45) is 9.40. The molecule has 5 aliphatic rings. The van der Waals surface area contributed by atoms with E-state index in [-0.39, 0.29) is 47.9 Å². The predicted octanol–water partition coefficient (Wildman–Crippen LogP) is 3.98. The molecule has 1 aliphatic heterocycles. The molecule has 0 spiro atoms. The maximum Gasteiger partial charge on any atom is 0.249 e. The van der Waals surface area contributed by atoms with Crippen molar-refractivity contribution in [1.29, 1.82) is 0 Å². The van der Waals surface area contributed by atoms with Gasteiger partial charge in [-0.25, -0.2) is 8.78 Å². The van der Waals surface area contributed by atoms with Crippen molar-refractivity contribution in [3.63, 3.8) is 0 Å². The molecule has 1 heterocycles. The third kappa shape index (κ3) is 5.51. The SMILES string of the molecule is CC1(C(=O)N2CCN(C(=O)C3CCC(C4CCCC(NC(=O)C5CC(F)(F)C5)C4)CC3)CC2)CC1. The van der Waals surface area contributed by atoms with Crippen molar-refractivity contribution in [3.05, 3.63) is 0 Å². The fourth-order valence-electron chi connectivity index (χ4n) is 6.96. The maximum absolute atomic E-state index is 13.2. The summed E-state index contributed by atoms with van der Waals surface area (Å²) in [7, 11) is 0. The Balaban J connectivity index is 1.04. The molecule has 4 saturated carbocycles. The summed E-state index contributed by atoms with van der Waals surface area (Å²) in [5, 5.41) is 3.06. The second-order valence-electron chi connectivity index (χ2n) is 12.4. The highest BCUT2D eigenvalue weighted by Gasteiger charge is 2.49. The Morgan fingerprint density at radius 2 is 1.43 bits per heavy atom. The fraction of sp³-hybridized carbons (Fsp3) is 0.889. The predicted molar refractivity (Wildman–Crippen MR) is 128 cm³/mol. The van der Waals surface area contributed by atoms with E-state index in [1.807, 2.05) is 16.7 Å². The molecule has 6 nitrogen and oxygen atoms in total. The van der Waals surface area contributed by atoms with Gasteiger partial charge in [-0.15, -0.1) is 0 Å². The number of hydrogen-bond donors (Lipinski definition) is 1. The molecule has 3 amide bonds. The normalized spacial score (nSPS) is 34.6. The largest absolute Gasteiger partial charge is 0.353 e. The lowest BCUT2D eigenvalue weighted by molar-refractivity contribution is -0.151. The van der Waals surface area contributed by atoms with Gasteiger partial charge in [0.25, 0.3) is 0 Å². The number of nitrogens with zero attached hydrogens (tertiary/aromatic N) is 2. The zero-order valence-corrected chi connectivity index (χ0v) is 21.1. The zero-order chi connectivity index (χ0) is 24.8. The van der Waals surface area contributed by atoms with Gasteiger partial charge in [-0.2, -0.15) is 0 Å². The highest BCUT2D eigenvalue weighted by molar-refractivity contribution is 5.85. The van der Waals surface area contributed by atoms with E-state index in [9.17, 15) is 23.2 Å². The number of halogens is 2. The Morgan fingerprint density at radius 1 is 0.800 bits per heavy atom. The summed E-state index contributed by atoms with van der Waals surface area (Å²) in [5.74, 6) is -1.63. The minimum atomic E-state index is -2.66. The summed E-state index contributed by atoms with van der Waals surface area (Å²) in [4.78, 5) is 42.0. The fourth-order valence-corrected chi connectivity index (χ4v) is 6.96. The number of amides is 3. The highest BCUT2D eigenvalue weighted by atomic mass is 19.3. The molecule has 4 aliphatic carbocycles. The smallest absolute Gasteiger partial charge is 0.249 e. The van der Waals surface area contributed by atoms with Crippen LogP contribution in [0.2, 0.25) is 0 Å². The van der Waals surface area contributed by atoms with E-state index < -0.39 is 11.8 Å². The summed E-state index contributed by atoms with van der Waals surface area (Å²) in [6.45, 7) is 4.66. The molecular formula is C27H41F2N3O3. The highest BCUT2D eigenvalue weighted by Crippen LogP contribution is 2.47. The van der Waals surface area contributed by atoms with E-state index in [2.05, 4.69) is 5.32 Å². The quantitative estimate of drug-likeness (QED) is 0.630. The average Bonchev–Trinajstić information content (AvgIpc) is 3.60. The molecule has 0 aromatic rings. The lowest BCUT2D eigenvalue weighted by atomic mass is 9.69. The first-order valence-corrected chi connectivity index (χ1v) is 13.9. The Hall–Kier alpha value is -1.73. The molecule has 2 unspecified atom stereocenters. The summed E-state index contributed by atoms with van der Waals surface area (Å²) in [5.41, 5.74) is -0.141. The molecule has 2 atom stereocenters. The van der Waals surface area contributed by atoms with Crippen molar-refractivity contribution in [2.45, 2.75) is 95.9 Å². The Kier molecular flexibility index (Phi) is 6.86. The minimum absolute atomic E-state index is 0.0915. The Labute approximate surface area is 207 Å². The van der Waals surface area contributed by atoms with Crippen LogP contribution in [0.5, 0.6) is 0 Å². The van der Waals surface area contributed by atoms with Crippen LogP contribution in [0.3, 0.4) is 0 Å². The van der Waals surface area contributed by atoms with Crippen LogP contribution >= 0.6 is 0 Å². The molecule has 0 bridgehead atoms. The lowest BCUT2D eigenvalue weighted by Crippen LogP contribution is -2.53. The van der Waals surface area contributed by atoms with E-state index >= 15 is 0 Å². The summed E-state index contributed by atoms with van der Waals surface area (Å²) >= 11 is 0. The number of carbonyl (C=O) groups is 3. The van der Waals surface area contributed by atoms with Gasteiger partial charge >= 0.3 is 0 Å². The lowest BCUT2D eigenvalue weighted by Gasteiger charge is -2.41. The van der Waals surface area contributed by atoms with Crippen molar-refractivity contribution in [3.8, 4) is 0 Å². The molecule has 0 aromatic carbocycles. The third-order valence-corrected chi connectivity index (χ3v) is 9.70. The van der Waals surface area contributed by atoms with Crippen molar-refractivity contribution < 1.29 is 23.2 Å². The van der Waals surface area contributed by atoms with E-state index in [1.165, 1.54) is 0 Å². The summed E-state index contributed by atoms with van der Waals surface area (Å²) < 4.78 is 26.2. The number of alkyl halides is 2. The van der Waals surface area contributed by atoms with Gasteiger partial charge in [-0.05, 0) is 63.2 Å². The number of carbonyl (C=O) groups excluding carboxylic acids is 3. The summed E-state index contributed by atoms with van der Waals surface area (Å²) in [6, 6.07) is 0.103. The topological polar surface area (TPSA) is 69.7 Å². The number of piperazine rings is 1. The molecule has 8 heteroatoms. The zero-order valence-electron chi connectivity index (χ0n) is 21.1. The van der Waals surface area contributed by atoms with E-state index in [0.29, 0.717) is 38.0 Å². The van der Waals surface area contributed by atoms with Crippen LogP contribution in [0.1, 0.15) is 84.0 Å². The molecular weight excluding hydrogens is 452 g/mol.